The first-order valence-corrected chi connectivity index (χ1v) is 9.10. The Morgan fingerprint density at radius 1 is 0.864 bits per heavy atom. The minimum atomic E-state index is -0.520. The molecule has 0 fully saturated rings. The molecular weight excluding hydrogens is 276 g/mol. The molecule has 0 rings (SSSR count). The van der Waals surface area contributed by atoms with Gasteiger partial charge in [-0.05, 0) is 13.3 Å². The zero-order valence-corrected chi connectivity index (χ0v) is 14.6. The zero-order chi connectivity index (χ0) is 16.5. The highest BCUT2D eigenvalue weighted by Crippen LogP contribution is 2.12. The molecule has 0 radical (unpaired) electrons. The Hall–Kier alpha value is -1.24. The largest absolute Gasteiger partial charge is 0.449 e. The van der Waals surface area contributed by atoms with E-state index in [0.29, 0.717) is 13.2 Å². The number of hydrogen-bond acceptors (Lipinski definition) is 3. The lowest BCUT2D eigenvalue weighted by Gasteiger charge is -2.12. The number of carbonyl (C=O) groups is 1. The highest BCUT2D eigenvalue weighted by atomic mass is 16.6. The molecule has 1 amide bonds. The molecule has 0 aromatic carbocycles. The molecule has 4 nitrogen and oxygen atoms in total. The maximum Gasteiger partial charge on any atom is 0.423 e. The Morgan fingerprint density at radius 3 is 1.73 bits per heavy atom. The number of nitriles is 1. The molecule has 0 saturated carbocycles. The summed E-state index contributed by atoms with van der Waals surface area (Å²) in [5.74, 6) is 0. The molecule has 0 N–H and O–H groups in total. The first-order valence-electron chi connectivity index (χ1n) is 9.10. The van der Waals surface area contributed by atoms with Crippen LogP contribution in [0.15, 0.2) is 0 Å². The third-order valence-corrected chi connectivity index (χ3v) is 3.84. The Bertz CT molecular complexity index is 300. The van der Waals surface area contributed by atoms with Crippen LogP contribution >= 0.6 is 0 Å². The quantitative estimate of drug-likeness (QED) is 0.237. The number of rotatable bonds is 14. The molecule has 0 atom stereocenters. The number of ether oxygens (including phenoxy) is 1. The van der Waals surface area contributed by atoms with Crippen LogP contribution in [0.4, 0.5) is 4.79 Å². The molecule has 0 aromatic rings. The normalized spacial score (nSPS) is 10.2. The van der Waals surface area contributed by atoms with Crippen molar-refractivity contribution in [2.45, 2.75) is 90.9 Å². The van der Waals surface area contributed by atoms with Crippen molar-refractivity contribution in [2.75, 3.05) is 13.2 Å². The Kier molecular flexibility index (Phi) is 15.2. The van der Waals surface area contributed by atoms with Crippen molar-refractivity contribution in [3.8, 4) is 6.19 Å². The molecule has 0 unspecified atom stereocenters. The summed E-state index contributed by atoms with van der Waals surface area (Å²) in [6.45, 7) is 4.79. The molecule has 0 spiro atoms. The second-order valence-corrected chi connectivity index (χ2v) is 5.84. The average Bonchev–Trinajstić information content (AvgIpc) is 2.52. The van der Waals surface area contributed by atoms with Crippen molar-refractivity contribution >= 4 is 6.09 Å². The van der Waals surface area contributed by atoms with Crippen molar-refractivity contribution in [2.24, 2.45) is 0 Å². The molecule has 0 aliphatic heterocycles. The number of unbranched alkanes of at least 4 members (excludes halogenated alkanes) is 11. The number of nitrogens with zero attached hydrogens (tertiary/aromatic N) is 2. The standard InChI is InChI=1S/C18H34N2O2/c1-3-5-6-7-8-9-10-11-12-13-14-15-16-20(17-19)18(21)22-4-2/h3-16H2,1-2H3. The van der Waals surface area contributed by atoms with Crippen LogP contribution in [-0.2, 0) is 4.74 Å². The topological polar surface area (TPSA) is 53.3 Å². The van der Waals surface area contributed by atoms with Crippen LogP contribution in [0.2, 0.25) is 0 Å². The first-order chi connectivity index (χ1) is 10.8. The summed E-state index contributed by atoms with van der Waals surface area (Å²) < 4.78 is 4.82. The van der Waals surface area contributed by atoms with Gasteiger partial charge in [0.25, 0.3) is 0 Å². The van der Waals surface area contributed by atoms with Crippen LogP contribution in [0.3, 0.4) is 0 Å². The smallest absolute Gasteiger partial charge is 0.423 e. The SMILES string of the molecule is CCCCCCCCCCCCCCN(C#N)C(=O)OCC. The summed E-state index contributed by atoms with van der Waals surface area (Å²) in [5.41, 5.74) is 0. The van der Waals surface area contributed by atoms with Crippen molar-refractivity contribution in [3.05, 3.63) is 0 Å². The van der Waals surface area contributed by atoms with Crippen LogP contribution in [0, 0.1) is 11.5 Å². The summed E-state index contributed by atoms with van der Waals surface area (Å²) in [6.07, 6.45) is 16.7. The minimum absolute atomic E-state index is 0.315. The molecule has 0 bridgehead atoms. The van der Waals surface area contributed by atoms with Gasteiger partial charge in [0.2, 0.25) is 0 Å². The van der Waals surface area contributed by atoms with Gasteiger partial charge in [0.1, 0.15) is 0 Å². The van der Waals surface area contributed by atoms with Gasteiger partial charge in [0.05, 0.1) is 6.61 Å². The summed E-state index contributed by atoms with van der Waals surface area (Å²) in [6, 6.07) is 0. The lowest BCUT2D eigenvalue weighted by Crippen LogP contribution is -2.27. The Balaban J connectivity index is 3.32. The van der Waals surface area contributed by atoms with E-state index in [1.54, 1.807) is 6.92 Å². The minimum Gasteiger partial charge on any atom is -0.449 e. The van der Waals surface area contributed by atoms with Crippen molar-refractivity contribution in [1.29, 1.82) is 5.26 Å². The van der Waals surface area contributed by atoms with Crippen LogP contribution in [0.25, 0.3) is 0 Å². The Labute approximate surface area is 136 Å². The van der Waals surface area contributed by atoms with Gasteiger partial charge in [-0.1, -0.05) is 77.6 Å². The lowest BCUT2D eigenvalue weighted by molar-refractivity contribution is 0.124. The average molecular weight is 310 g/mol. The van der Waals surface area contributed by atoms with Gasteiger partial charge in [0, 0.05) is 6.54 Å². The first kappa shape index (κ1) is 20.8. The highest BCUT2D eigenvalue weighted by molar-refractivity contribution is 5.69. The van der Waals surface area contributed by atoms with Crippen LogP contribution in [-0.4, -0.2) is 24.1 Å². The number of hydrogen-bond donors (Lipinski definition) is 0. The van der Waals surface area contributed by atoms with Gasteiger partial charge >= 0.3 is 6.09 Å². The molecular formula is C18H34N2O2. The van der Waals surface area contributed by atoms with Crippen LogP contribution in [0.5, 0.6) is 0 Å². The van der Waals surface area contributed by atoms with E-state index in [1.165, 1.54) is 64.2 Å². The lowest BCUT2D eigenvalue weighted by atomic mass is 10.1. The Morgan fingerprint density at radius 2 is 1.32 bits per heavy atom. The summed E-state index contributed by atoms with van der Waals surface area (Å²) >= 11 is 0. The van der Waals surface area contributed by atoms with Gasteiger partial charge in [-0.2, -0.15) is 5.26 Å². The fraction of sp³-hybridized carbons (Fsp3) is 0.889. The number of amides is 1. The van der Waals surface area contributed by atoms with E-state index in [1.807, 2.05) is 6.19 Å². The molecule has 4 heteroatoms. The van der Waals surface area contributed by atoms with Gasteiger partial charge in [-0.3, -0.25) is 0 Å². The van der Waals surface area contributed by atoms with E-state index in [9.17, 15) is 4.79 Å². The molecule has 0 aliphatic carbocycles. The molecule has 0 saturated heterocycles. The summed E-state index contributed by atoms with van der Waals surface area (Å²) in [5, 5.41) is 8.88. The second kappa shape index (κ2) is 16.1. The predicted octanol–water partition coefficient (Wildman–Crippen LogP) is 5.63. The van der Waals surface area contributed by atoms with E-state index in [-0.39, 0.29) is 0 Å². The van der Waals surface area contributed by atoms with E-state index in [0.717, 1.165) is 17.7 Å². The van der Waals surface area contributed by atoms with Crippen molar-refractivity contribution in [1.82, 2.24) is 4.90 Å². The van der Waals surface area contributed by atoms with Crippen LogP contribution < -0.4 is 0 Å². The van der Waals surface area contributed by atoms with Crippen molar-refractivity contribution in [3.63, 3.8) is 0 Å². The monoisotopic (exact) mass is 310 g/mol. The van der Waals surface area contributed by atoms with Gasteiger partial charge in [-0.25, -0.2) is 9.69 Å². The molecule has 128 valence electrons. The third-order valence-electron chi connectivity index (χ3n) is 3.84. The molecule has 0 heterocycles. The highest BCUT2D eigenvalue weighted by Gasteiger charge is 2.12. The van der Waals surface area contributed by atoms with E-state index in [2.05, 4.69) is 6.92 Å². The van der Waals surface area contributed by atoms with Crippen LogP contribution in [0.1, 0.15) is 90.9 Å². The summed E-state index contributed by atoms with van der Waals surface area (Å²) in [4.78, 5) is 12.5. The fourth-order valence-electron chi connectivity index (χ4n) is 2.49. The van der Waals surface area contributed by atoms with Crippen molar-refractivity contribution < 1.29 is 9.53 Å². The third kappa shape index (κ3) is 12.5. The molecule has 22 heavy (non-hydrogen) atoms. The number of carbonyl (C=O) groups excluding carboxylic acids is 1. The second-order valence-electron chi connectivity index (χ2n) is 5.84. The van der Waals surface area contributed by atoms with Gasteiger partial charge in [0.15, 0.2) is 6.19 Å². The molecule has 0 aromatic heterocycles. The summed E-state index contributed by atoms with van der Waals surface area (Å²) in [7, 11) is 0. The van der Waals surface area contributed by atoms with E-state index < -0.39 is 6.09 Å². The maximum atomic E-state index is 11.4. The van der Waals surface area contributed by atoms with Gasteiger partial charge in [-0.15, -0.1) is 0 Å². The van der Waals surface area contributed by atoms with E-state index >= 15 is 0 Å². The fourth-order valence-corrected chi connectivity index (χ4v) is 2.49. The maximum absolute atomic E-state index is 11.4. The van der Waals surface area contributed by atoms with E-state index in [4.69, 9.17) is 10.00 Å². The molecule has 0 aliphatic rings. The van der Waals surface area contributed by atoms with Gasteiger partial charge < -0.3 is 4.74 Å². The predicted molar refractivity (Wildman–Crippen MR) is 90.4 cm³/mol. The zero-order valence-electron chi connectivity index (χ0n) is 14.6.